The van der Waals surface area contributed by atoms with Gasteiger partial charge in [0.1, 0.15) is 0 Å². The molecular formula is C10H18O2S. The Labute approximate surface area is 80.6 Å². The van der Waals surface area contributed by atoms with E-state index in [4.69, 9.17) is 0 Å². The molecule has 0 aromatic carbocycles. The van der Waals surface area contributed by atoms with Gasteiger partial charge < -0.3 is 0 Å². The summed E-state index contributed by atoms with van der Waals surface area (Å²) in [6.45, 7) is 3.89. The molecule has 2 bridgehead atoms. The molecule has 0 aromatic heterocycles. The number of hydrogen-bond donors (Lipinski definition) is 0. The Morgan fingerprint density at radius 3 is 1.62 bits per heavy atom. The summed E-state index contributed by atoms with van der Waals surface area (Å²) in [4.78, 5) is 0. The van der Waals surface area contributed by atoms with Crippen LogP contribution in [0, 0.1) is 0 Å². The molecule has 2 fully saturated rings. The molecule has 2 heterocycles. The molecule has 76 valence electrons. The molecule has 3 heteroatoms. The monoisotopic (exact) mass is 202 g/mol. The highest BCUT2D eigenvalue weighted by Crippen LogP contribution is 2.51. The van der Waals surface area contributed by atoms with Crippen molar-refractivity contribution < 1.29 is 8.42 Å². The van der Waals surface area contributed by atoms with E-state index in [-0.39, 0.29) is 0 Å². The normalized spacial score (nSPS) is 48.8. The maximum absolute atomic E-state index is 12.2. The smallest absolute Gasteiger partial charge is 0.161 e. The minimum atomic E-state index is -2.86. The molecule has 13 heavy (non-hydrogen) atoms. The number of sulfone groups is 1. The van der Waals surface area contributed by atoms with Crippen molar-refractivity contribution in [3.63, 3.8) is 0 Å². The Morgan fingerprint density at radius 2 is 1.23 bits per heavy atom. The molecule has 2 atom stereocenters. The minimum Gasteiger partial charge on any atom is -0.228 e. The predicted molar refractivity (Wildman–Crippen MR) is 53.4 cm³/mol. The van der Waals surface area contributed by atoms with Gasteiger partial charge in [0.15, 0.2) is 9.84 Å². The lowest BCUT2D eigenvalue weighted by Crippen LogP contribution is -2.38. The second-order valence-corrected chi connectivity index (χ2v) is 8.09. The van der Waals surface area contributed by atoms with Gasteiger partial charge >= 0.3 is 0 Å². The Morgan fingerprint density at radius 1 is 0.846 bits per heavy atom. The zero-order valence-corrected chi connectivity index (χ0v) is 9.28. The van der Waals surface area contributed by atoms with Crippen molar-refractivity contribution in [2.75, 3.05) is 0 Å². The van der Waals surface area contributed by atoms with Crippen LogP contribution in [0.15, 0.2) is 0 Å². The summed E-state index contributed by atoms with van der Waals surface area (Å²) in [5.41, 5.74) is 0. The first-order chi connectivity index (χ1) is 5.91. The largest absolute Gasteiger partial charge is 0.228 e. The highest BCUT2D eigenvalue weighted by Gasteiger charge is 2.57. The van der Waals surface area contributed by atoms with Crippen LogP contribution in [0.25, 0.3) is 0 Å². The summed E-state index contributed by atoms with van der Waals surface area (Å²) in [6, 6.07) is 0. The molecule has 0 amide bonds. The van der Waals surface area contributed by atoms with Gasteiger partial charge in [-0.3, -0.25) is 0 Å². The van der Waals surface area contributed by atoms with Crippen molar-refractivity contribution in [1.29, 1.82) is 0 Å². The lowest BCUT2D eigenvalue weighted by Gasteiger charge is -2.25. The number of hydrogen-bond acceptors (Lipinski definition) is 2. The van der Waals surface area contributed by atoms with Gasteiger partial charge in [0.25, 0.3) is 0 Å². The quantitative estimate of drug-likeness (QED) is 0.604. The van der Waals surface area contributed by atoms with Crippen molar-refractivity contribution in [3.8, 4) is 0 Å². The fourth-order valence-corrected chi connectivity index (χ4v) is 5.67. The van der Waals surface area contributed by atoms with E-state index in [1.54, 1.807) is 0 Å². The summed E-state index contributed by atoms with van der Waals surface area (Å²) >= 11 is 0. The van der Waals surface area contributed by atoms with Gasteiger partial charge in [-0.15, -0.1) is 0 Å². The maximum atomic E-state index is 12.2. The SMILES string of the molecule is C[C@]12CCCC[C@@](C)(CC1)S2(=O)=O. The lowest BCUT2D eigenvalue weighted by molar-refractivity contribution is 0.434. The van der Waals surface area contributed by atoms with E-state index in [0.717, 1.165) is 38.5 Å². The zero-order chi connectivity index (χ0) is 9.74. The summed E-state index contributed by atoms with van der Waals surface area (Å²) in [5, 5.41) is 0. The molecule has 0 N–H and O–H groups in total. The van der Waals surface area contributed by atoms with Crippen molar-refractivity contribution in [2.24, 2.45) is 0 Å². The van der Waals surface area contributed by atoms with Gasteiger partial charge in [-0.05, 0) is 39.5 Å². The van der Waals surface area contributed by atoms with E-state index in [1.807, 2.05) is 13.8 Å². The van der Waals surface area contributed by atoms with Crippen LogP contribution in [0.5, 0.6) is 0 Å². The molecule has 0 aliphatic carbocycles. The Kier molecular flexibility index (Phi) is 1.83. The molecule has 2 aliphatic heterocycles. The first kappa shape index (κ1) is 9.50. The second-order valence-electron chi connectivity index (χ2n) is 5.11. The van der Waals surface area contributed by atoms with Crippen LogP contribution in [0.2, 0.25) is 0 Å². The van der Waals surface area contributed by atoms with Crippen molar-refractivity contribution in [1.82, 2.24) is 0 Å². The predicted octanol–water partition coefficient (Wildman–Crippen LogP) is 2.29. The number of fused-ring (bicyclic) bond motifs is 2. The van der Waals surface area contributed by atoms with E-state index < -0.39 is 19.3 Å². The van der Waals surface area contributed by atoms with E-state index in [1.165, 1.54) is 0 Å². The molecule has 0 aromatic rings. The van der Waals surface area contributed by atoms with E-state index in [9.17, 15) is 8.42 Å². The fraction of sp³-hybridized carbons (Fsp3) is 1.00. The van der Waals surface area contributed by atoms with Crippen LogP contribution in [-0.2, 0) is 9.84 Å². The molecule has 0 unspecified atom stereocenters. The first-order valence-electron chi connectivity index (χ1n) is 5.16. The first-order valence-corrected chi connectivity index (χ1v) is 6.64. The average molecular weight is 202 g/mol. The van der Waals surface area contributed by atoms with Gasteiger partial charge in [0, 0.05) is 0 Å². The summed E-state index contributed by atoms with van der Waals surface area (Å²) in [7, 11) is -2.86. The van der Waals surface area contributed by atoms with Crippen LogP contribution in [0.4, 0.5) is 0 Å². The minimum absolute atomic E-state index is 0.391. The van der Waals surface area contributed by atoms with Gasteiger partial charge in [0.2, 0.25) is 0 Å². The second kappa shape index (κ2) is 2.50. The van der Waals surface area contributed by atoms with Crippen LogP contribution in [0.1, 0.15) is 52.4 Å². The summed E-state index contributed by atoms with van der Waals surface area (Å²) in [5.74, 6) is 0. The van der Waals surface area contributed by atoms with Crippen molar-refractivity contribution in [2.45, 2.75) is 61.9 Å². The van der Waals surface area contributed by atoms with Crippen molar-refractivity contribution >= 4 is 9.84 Å². The van der Waals surface area contributed by atoms with Crippen LogP contribution >= 0.6 is 0 Å². The van der Waals surface area contributed by atoms with E-state index in [2.05, 4.69) is 0 Å². The zero-order valence-electron chi connectivity index (χ0n) is 8.47. The van der Waals surface area contributed by atoms with Gasteiger partial charge in [-0.25, -0.2) is 8.42 Å². The average Bonchev–Trinajstić information content (AvgIpc) is 2.15. The van der Waals surface area contributed by atoms with Gasteiger partial charge in [-0.2, -0.15) is 0 Å². The molecule has 2 saturated heterocycles. The van der Waals surface area contributed by atoms with Crippen LogP contribution in [0.3, 0.4) is 0 Å². The lowest BCUT2D eigenvalue weighted by atomic mass is 9.87. The van der Waals surface area contributed by atoms with Gasteiger partial charge in [-0.1, -0.05) is 12.8 Å². The number of rotatable bonds is 0. The van der Waals surface area contributed by atoms with Crippen LogP contribution in [-0.4, -0.2) is 17.9 Å². The molecule has 2 aliphatic rings. The topological polar surface area (TPSA) is 34.1 Å². The standard InChI is InChI=1S/C10H18O2S/c1-9-5-3-4-6-10(2,8-7-9)13(9,11)12/h3-8H2,1-2H3/t9-,10-/m0/s1. The summed E-state index contributed by atoms with van der Waals surface area (Å²) in [6.07, 6.45) is 5.70. The van der Waals surface area contributed by atoms with E-state index >= 15 is 0 Å². The Bertz CT molecular complexity index is 286. The highest BCUT2D eigenvalue weighted by atomic mass is 32.2. The molecule has 0 saturated carbocycles. The van der Waals surface area contributed by atoms with E-state index in [0.29, 0.717) is 0 Å². The third-order valence-corrected chi connectivity index (χ3v) is 7.55. The van der Waals surface area contributed by atoms with Gasteiger partial charge in [0.05, 0.1) is 9.49 Å². The summed E-state index contributed by atoms with van der Waals surface area (Å²) < 4.78 is 23.7. The molecule has 0 radical (unpaired) electrons. The highest BCUT2D eigenvalue weighted by molar-refractivity contribution is 7.94. The molecule has 0 spiro atoms. The Hall–Kier alpha value is -0.0500. The Balaban J connectivity index is 2.54. The third-order valence-electron chi connectivity index (χ3n) is 4.14. The third kappa shape index (κ3) is 1.03. The maximum Gasteiger partial charge on any atom is 0.161 e. The van der Waals surface area contributed by atoms with Crippen molar-refractivity contribution in [3.05, 3.63) is 0 Å². The molecule has 2 nitrogen and oxygen atoms in total. The fourth-order valence-electron chi connectivity index (χ4n) is 2.91. The van der Waals surface area contributed by atoms with Crippen LogP contribution < -0.4 is 0 Å². The molecular weight excluding hydrogens is 184 g/mol. The molecule has 2 rings (SSSR count).